The molecule has 120 valence electrons. The van der Waals surface area contributed by atoms with E-state index in [-0.39, 0.29) is 5.69 Å². The molecule has 1 N–H and O–H groups in total. The van der Waals surface area contributed by atoms with Crippen LogP contribution < -0.4 is 0 Å². The van der Waals surface area contributed by atoms with Crippen LogP contribution in [0.4, 0.5) is 0 Å². The minimum atomic E-state index is -0.907. The Labute approximate surface area is 131 Å². The highest BCUT2D eigenvalue weighted by atomic mass is 16.4. The second kappa shape index (κ2) is 6.65. The molecule has 0 bridgehead atoms. The Morgan fingerprint density at radius 1 is 1.32 bits per heavy atom. The third-order valence-corrected chi connectivity index (χ3v) is 4.98. The van der Waals surface area contributed by atoms with Crippen molar-refractivity contribution in [1.82, 2.24) is 14.7 Å². The minimum Gasteiger partial charge on any atom is -0.476 e. The molecule has 0 radical (unpaired) electrons. The normalized spacial score (nSPS) is 22.8. The van der Waals surface area contributed by atoms with Crippen LogP contribution in [0, 0.1) is 0 Å². The summed E-state index contributed by atoms with van der Waals surface area (Å²) in [7, 11) is 0. The zero-order valence-electron chi connectivity index (χ0n) is 13.1. The maximum atomic E-state index is 11.5. The van der Waals surface area contributed by atoms with Crippen molar-refractivity contribution in [3.63, 3.8) is 0 Å². The highest BCUT2D eigenvalue weighted by Gasteiger charge is 2.31. The van der Waals surface area contributed by atoms with Gasteiger partial charge < -0.3 is 10.0 Å². The van der Waals surface area contributed by atoms with Crippen molar-refractivity contribution in [2.75, 3.05) is 13.1 Å². The summed E-state index contributed by atoms with van der Waals surface area (Å²) >= 11 is 0. The third-order valence-electron chi connectivity index (χ3n) is 4.98. The van der Waals surface area contributed by atoms with Gasteiger partial charge in [0.25, 0.3) is 0 Å². The van der Waals surface area contributed by atoms with Crippen LogP contribution >= 0.6 is 0 Å². The standard InChI is InChI=1S/C17H25N3O2/c1-2-9-20-15-8-7-13(19-10-5-3-4-6-11-19)12-14(15)16(18-20)17(21)22/h2,13H,1,3-12H2,(H,21,22). The van der Waals surface area contributed by atoms with Gasteiger partial charge in [0.1, 0.15) is 0 Å². The maximum Gasteiger partial charge on any atom is 0.356 e. The first-order chi connectivity index (χ1) is 10.7. The van der Waals surface area contributed by atoms with Crippen molar-refractivity contribution in [3.05, 3.63) is 29.6 Å². The number of nitrogens with zero attached hydrogens (tertiary/aromatic N) is 3. The van der Waals surface area contributed by atoms with Crippen LogP contribution in [-0.2, 0) is 19.4 Å². The largest absolute Gasteiger partial charge is 0.476 e. The monoisotopic (exact) mass is 303 g/mol. The summed E-state index contributed by atoms with van der Waals surface area (Å²) < 4.78 is 1.82. The van der Waals surface area contributed by atoms with Gasteiger partial charge in [0.05, 0.1) is 6.54 Å². The zero-order chi connectivity index (χ0) is 15.5. The van der Waals surface area contributed by atoms with Gasteiger partial charge in [-0.15, -0.1) is 6.58 Å². The molecule has 3 rings (SSSR count). The van der Waals surface area contributed by atoms with E-state index in [1.165, 1.54) is 25.7 Å². The highest BCUT2D eigenvalue weighted by Crippen LogP contribution is 2.29. The molecule has 0 spiro atoms. The molecule has 1 aromatic heterocycles. The van der Waals surface area contributed by atoms with Crippen LogP contribution in [0.2, 0.25) is 0 Å². The Hall–Kier alpha value is -1.62. The first-order valence-electron chi connectivity index (χ1n) is 8.37. The van der Waals surface area contributed by atoms with Crippen LogP contribution in [0.25, 0.3) is 0 Å². The molecule has 0 aromatic carbocycles. The second-order valence-electron chi connectivity index (χ2n) is 6.40. The van der Waals surface area contributed by atoms with E-state index in [4.69, 9.17) is 0 Å². The van der Waals surface area contributed by atoms with Gasteiger partial charge in [-0.3, -0.25) is 4.68 Å². The summed E-state index contributed by atoms with van der Waals surface area (Å²) in [6.45, 7) is 6.64. The van der Waals surface area contributed by atoms with Crippen LogP contribution in [0.5, 0.6) is 0 Å². The molecule has 1 fully saturated rings. The molecule has 2 heterocycles. The first kappa shape index (κ1) is 15.3. The smallest absolute Gasteiger partial charge is 0.356 e. The van der Waals surface area contributed by atoms with Crippen molar-refractivity contribution in [3.8, 4) is 0 Å². The molecule has 2 aliphatic rings. The lowest BCUT2D eigenvalue weighted by molar-refractivity contribution is 0.0687. The van der Waals surface area contributed by atoms with Gasteiger partial charge in [0.2, 0.25) is 0 Å². The van der Waals surface area contributed by atoms with Gasteiger partial charge >= 0.3 is 5.97 Å². The quantitative estimate of drug-likeness (QED) is 0.868. The Balaban J connectivity index is 1.84. The number of carboxylic acid groups (broad SMARTS) is 1. The number of likely N-dealkylation sites (tertiary alicyclic amines) is 1. The van der Waals surface area contributed by atoms with E-state index in [2.05, 4.69) is 16.6 Å². The number of carboxylic acids is 1. The SMILES string of the molecule is C=CCn1nc(C(=O)O)c2c1CCC(N1CCCCCC1)C2. The molecular weight excluding hydrogens is 278 g/mol. The molecule has 22 heavy (non-hydrogen) atoms. The lowest BCUT2D eigenvalue weighted by Gasteiger charge is -2.33. The molecule has 1 aromatic rings. The average Bonchev–Trinajstić information content (AvgIpc) is 2.70. The Bertz CT molecular complexity index is 556. The van der Waals surface area contributed by atoms with Crippen LogP contribution in [0.15, 0.2) is 12.7 Å². The van der Waals surface area contributed by atoms with E-state index in [0.717, 1.165) is 43.6 Å². The molecule has 0 saturated carbocycles. The highest BCUT2D eigenvalue weighted by molar-refractivity contribution is 5.87. The predicted octanol–water partition coefficient (Wildman–Crippen LogP) is 2.50. The number of hydrogen-bond acceptors (Lipinski definition) is 3. The summed E-state index contributed by atoms with van der Waals surface area (Å²) in [5, 5.41) is 13.8. The maximum absolute atomic E-state index is 11.5. The molecule has 1 aliphatic carbocycles. The predicted molar refractivity (Wildman–Crippen MR) is 85.2 cm³/mol. The molecule has 1 saturated heterocycles. The van der Waals surface area contributed by atoms with E-state index in [9.17, 15) is 9.90 Å². The number of fused-ring (bicyclic) bond motifs is 1. The van der Waals surface area contributed by atoms with Gasteiger partial charge in [-0.05, 0) is 45.2 Å². The average molecular weight is 303 g/mol. The molecule has 5 nitrogen and oxygen atoms in total. The summed E-state index contributed by atoms with van der Waals surface area (Å²) in [5.74, 6) is -0.907. The lowest BCUT2D eigenvalue weighted by Crippen LogP contribution is -2.40. The van der Waals surface area contributed by atoms with E-state index < -0.39 is 5.97 Å². The van der Waals surface area contributed by atoms with Crippen LogP contribution in [0.3, 0.4) is 0 Å². The number of rotatable bonds is 4. The van der Waals surface area contributed by atoms with Gasteiger partial charge in [0.15, 0.2) is 5.69 Å². The minimum absolute atomic E-state index is 0.247. The molecular formula is C17H25N3O2. The summed E-state index contributed by atoms with van der Waals surface area (Å²) in [4.78, 5) is 14.1. The number of hydrogen-bond donors (Lipinski definition) is 1. The number of carbonyl (C=O) groups is 1. The first-order valence-corrected chi connectivity index (χ1v) is 8.37. The molecule has 0 amide bonds. The van der Waals surface area contributed by atoms with E-state index in [0.29, 0.717) is 12.6 Å². The summed E-state index contributed by atoms with van der Waals surface area (Å²) in [6, 6.07) is 0.477. The van der Waals surface area contributed by atoms with Crippen molar-refractivity contribution in [2.24, 2.45) is 0 Å². The van der Waals surface area contributed by atoms with Crippen molar-refractivity contribution in [1.29, 1.82) is 0 Å². The van der Waals surface area contributed by atoms with Crippen molar-refractivity contribution >= 4 is 5.97 Å². The number of aromatic nitrogens is 2. The third kappa shape index (κ3) is 2.95. The van der Waals surface area contributed by atoms with E-state index in [1.54, 1.807) is 6.08 Å². The summed E-state index contributed by atoms with van der Waals surface area (Å²) in [5.41, 5.74) is 2.30. The molecule has 5 heteroatoms. The van der Waals surface area contributed by atoms with E-state index in [1.807, 2.05) is 4.68 Å². The van der Waals surface area contributed by atoms with E-state index >= 15 is 0 Å². The van der Waals surface area contributed by atoms with Gasteiger partial charge in [-0.2, -0.15) is 5.10 Å². The molecule has 1 aliphatic heterocycles. The fourth-order valence-electron chi connectivity index (χ4n) is 3.89. The number of allylic oxidation sites excluding steroid dienone is 1. The summed E-state index contributed by atoms with van der Waals surface area (Å²) in [6.07, 6.45) is 9.82. The second-order valence-corrected chi connectivity index (χ2v) is 6.40. The Kier molecular flexibility index (Phi) is 4.62. The van der Waals surface area contributed by atoms with Gasteiger partial charge in [-0.25, -0.2) is 4.79 Å². The van der Waals surface area contributed by atoms with Crippen LogP contribution in [0.1, 0.15) is 53.8 Å². The topological polar surface area (TPSA) is 58.4 Å². The lowest BCUT2D eigenvalue weighted by atomic mass is 9.90. The van der Waals surface area contributed by atoms with Gasteiger partial charge in [-0.1, -0.05) is 18.9 Å². The number of aromatic carboxylic acids is 1. The molecule has 1 atom stereocenters. The van der Waals surface area contributed by atoms with Crippen LogP contribution in [-0.4, -0.2) is 44.9 Å². The van der Waals surface area contributed by atoms with Crippen molar-refractivity contribution < 1.29 is 9.90 Å². The fourth-order valence-corrected chi connectivity index (χ4v) is 3.89. The van der Waals surface area contributed by atoms with Gasteiger partial charge in [0, 0.05) is 17.3 Å². The Morgan fingerprint density at radius 2 is 2.05 bits per heavy atom. The zero-order valence-corrected chi connectivity index (χ0v) is 13.1. The fraction of sp³-hybridized carbons (Fsp3) is 0.647. The Morgan fingerprint density at radius 3 is 2.68 bits per heavy atom. The van der Waals surface area contributed by atoms with Crippen molar-refractivity contribution in [2.45, 2.75) is 57.5 Å². The molecule has 1 unspecified atom stereocenters.